The molecule has 0 unspecified atom stereocenters. The number of rotatable bonds is 3. The lowest BCUT2D eigenvalue weighted by Gasteiger charge is -2.08. The van der Waals surface area contributed by atoms with Crippen molar-refractivity contribution < 1.29 is 4.79 Å². The molecular weight excluding hydrogens is 450 g/mol. The standard InChI is InChI=1S/C16H11BrCl2N4O.ClH/c17-14-11(18)5-9(6-12(14)19)15(24)22-10-3-1-8(2-4-10)13-7-21-16(20)23-13;/h1-7H,(H,22,24)(H3,20,21,23);1H. The average Bonchev–Trinajstić information content (AvgIpc) is 2.99. The molecule has 3 aromatic rings. The van der Waals surface area contributed by atoms with Gasteiger partial charge in [0.25, 0.3) is 5.91 Å². The summed E-state index contributed by atoms with van der Waals surface area (Å²) in [6.07, 6.45) is 1.65. The first kappa shape index (κ1) is 19.6. The number of nitrogens with two attached hydrogens (primary N) is 1. The normalized spacial score (nSPS) is 10.2. The Morgan fingerprint density at radius 2 is 1.76 bits per heavy atom. The van der Waals surface area contributed by atoms with Gasteiger partial charge in [0.15, 0.2) is 5.95 Å². The zero-order valence-corrected chi connectivity index (χ0v) is 16.4. The first-order valence-corrected chi connectivity index (χ1v) is 8.36. The molecule has 0 spiro atoms. The molecule has 0 aliphatic carbocycles. The van der Waals surface area contributed by atoms with Crippen molar-refractivity contribution in [3.05, 3.63) is 62.7 Å². The lowest BCUT2D eigenvalue weighted by molar-refractivity contribution is 0.102. The van der Waals surface area contributed by atoms with E-state index >= 15 is 0 Å². The summed E-state index contributed by atoms with van der Waals surface area (Å²) < 4.78 is 0.561. The van der Waals surface area contributed by atoms with Crippen LogP contribution in [0.15, 0.2) is 47.1 Å². The number of amides is 1. The molecule has 0 saturated carbocycles. The number of nitrogen functional groups attached to an aromatic ring is 1. The molecule has 0 aliphatic rings. The maximum absolute atomic E-state index is 12.3. The smallest absolute Gasteiger partial charge is 0.255 e. The van der Waals surface area contributed by atoms with E-state index in [9.17, 15) is 4.79 Å². The van der Waals surface area contributed by atoms with Crippen molar-refractivity contribution in [3.8, 4) is 11.3 Å². The number of aromatic amines is 1. The Morgan fingerprint density at radius 3 is 2.28 bits per heavy atom. The highest BCUT2D eigenvalue weighted by Gasteiger charge is 2.12. The van der Waals surface area contributed by atoms with Crippen molar-refractivity contribution in [1.82, 2.24) is 9.97 Å². The van der Waals surface area contributed by atoms with Gasteiger partial charge in [-0.3, -0.25) is 4.79 Å². The molecule has 0 aliphatic heterocycles. The summed E-state index contributed by atoms with van der Waals surface area (Å²) in [6, 6.07) is 10.4. The highest BCUT2D eigenvalue weighted by Crippen LogP contribution is 2.32. The molecule has 130 valence electrons. The minimum Gasteiger partial charge on any atom is -0.369 e. The molecule has 0 radical (unpaired) electrons. The van der Waals surface area contributed by atoms with E-state index in [4.69, 9.17) is 28.9 Å². The zero-order valence-electron chi connectivity index (χ0n) is 12.5. The van der Waals surface area contributed by atoms with Crippen LogP contribution in [-0.2, 0) is 0 Å². The van der Waals surface area contributed by atoms with E-state index in [1.807, 2.05) is 12.1 Å². The molecule has 3 rings (SSSR count). The number of anilines is 2. The molecule has 0 atom stereocenters. The first-order valence-electron chi connectivity index (χ1n) is 6.81. The van der Waals surface area contributed by atoms with Gasteiger partial charge in [0.05, 0.1) is 26.4 Å². The minimum atomic E-state index is -0.301. The molecule has 0 bridgehead atoms. The van der Waals surface area contributed by atoms with Crippen LogP contribution in [-0.4, -0.2) is 15.9 Å². The topological polar surface area (TPSA) is 83.8 Å². The van der Waals surface area contributed by atoms with Crippen LogP contribution in [0.1, 0.15) is 10.4 Å². The largest absolute Gasteiger partial charge is 0.369 e. The van der Waals surface area contributed by atoms with Crippen LogP contribution in [0.4, 0.5) is 11.6 Å². The van der Waals surface area contributed by atoms with Gasteiger partial charge in [0, 0.05) is 11.3 Å². The van der Waals surface area contributed by atoms with E-state index < -0.39 is 0 Å². The Balaban J connectivity index is 0.00000225. The monoisotopic (exact) mass is 460 g/mol. The molecule has 0 fully saturated rings. The summed E-state index contributed by atoms with van der Waals surface area (Å²) in [4.78, 5) is 19.2. The number of nitrogens with one attached hydrogen (secondary N) is 2. The van der Waals surface area contributed by atoms with Crippen LogP contribution in [0.25, 0.3) is 11.3 Å². The number of hydrogen-bond acceptors (Lipinski definition) is 3. The van der Waals surface area contributed by atoms with Crippen LogP contribution in [0.5, 0.6) is 0 Å². The second-order valence-corrected chi connectivity index (χ2v) is 6.57. The summed E-state index contributed by atoms with van der Waals surface area (Å²) in [5.41, 5.74) is 8.29. The Bertz CT molecular complexity index is 889. The van der Waals surface area contributed by atoms with Gasteiger partial charge < -0.3 is 16.0 Å². The van der Waals surface area contributed by atoms with E-state index in [2.05, 4.69) is 31.2 Å². The summed E-state index contributed by atoms with van der Waals surface area (Å²) >= 11 is 15.3. The molecular formula is C16H12BrCl3N4O. The average molecular weight is 463 g/mol. The van der Waals surface area contributed by atoms with Crippen molar-refractivity contribution >= 4 is 69.1 Å². The van der Waals surface area contributed by atoms with Gasteiger partial charge in [-0.15, -0.1) is 12.4 Å². The maximum atomic E-state index is 12.3. The van der Waals surface area contributed by atoms with Crippen molar-refractivity contribution in [2.45, 2.75) is 0 Å². The fourth-order valence-electron chi connectivity index (χ4n) is 2.11. The number of carbonyl (C=O) groups is 1. The number of benzene rings is 2. The van der Waals surface area contributed by atoms with Gasteiger partial charge in [0.2, 0.25) is 0 Å². The molecule has 1 heterocycles. The molecule has 2 aromatic carbocycles. The fourth-order valence-corrected chi connectivity index (χ4v) is 2.82. The maximum Gasteiger partial charge on any atom is 0.255 e. The van der Waals surface area contributed by atoms with Crippen LogP contribution in [0, 0.1) is 0 Å². The molecule has 25 heavy (non-hydrogen) atoms. The van der Waals surface area contributed by atoms with Crippen LogP contribution >= 0.6 is 51.5 Å². The fraction of sp³-hybridized carbons (Fsp3) is 0. The molecule has 5 nitrogen and oxygen atoms in total. The highest BCUT2D eigenvalue weighted by atomic mass is 79.9. The number of carbonyl (C=O) groups excluding carboxylic acids is 1. The minimum absolute atomic E-state index is 0. The highest BCUT2D eigenvalue weighted by molar-refractivity contribution is 9.10. The van der Waals surface area contributed by atoms with Crippen molar-refractivity contribution in [1.29, 1.82) is 0 Å². The quantitative estimate of drug-likeness (QED) is 0.456. The van der Waals surface area contributed by atoms with Crippen LogP contribution < -0.4 is 11.1 Å². The number of hydrogen-bond donors (Lipinski definition) is 3. The molecule has 1 aromatic heterocycles. The molecule has 0 saturated heterocycles. The SMILES string of the molecule is Cl.Nc1ncc(-c2ccc(NC(=O)c3cc(Cl)c(Br)c(Cl)c3)cc2)[nH]1. The lowest BCUT2D eigenvalue weighted by atomic mass is 10.1. The second-order valence-electron chi connectivity index (χ2n) is 4.97. The van der Waals surface area contributed by atoms with Gasteiger partial charge in [-0.25, -0.2) is 4.98 Å². The number of imidazole rings is 1. The summed E-state index contributed by atoms with van der Waals surface area (Å²) in [6.45, 7) is 0. The van der Waals surface area contributed by atoms with Crippen molar-refractivity contribution in [2.75, 3.05) is 11.1 Å². The Kier molecular flexibility index (Phi) is 6.35. The molecule has 1 amide bonds. The van der Waals surface area contributed by atoms with E-state index in [0.717, 1.165) is 11.3 Å². The van der Waals surface area contributed by atoms with Crippen molar-refractivity contribution in [2.24, 2.45) is 0 Å². The third-order valence-corrected chi connectivity index (χ3v) is 5.20. The molecule has 9 heteroatoms. The van der Waals surface area contributed by atoms with Crippen LogP contribution in [0.3, 0.4) is 0 Å². The lowest BCUT2D eigenvalue weighted by Crippen LogP contribution is -2.11. The number of halogens is 4. The second kappa shape index (κ2) is 8.10. The van der Waals surface area contributed by atoms with Gasteiger partial charge in [-0.1, -0.05) is 35.3 Å². The zero-order chi connectivity index (χ0) is 17.3. The third kappa shape index (κ3) is 4.46. The van der Waals surface area contributed by atoms with Gasteiger partial charge in [-0.05, 0) is 45.8 Å². The number of nitrogens with zero attached hydrogens (tertiary/aromatic N) is 1. The summed E-state index contributed by atoms with van der Waals surface area (Å²) in [5, 5.41) is 3.54. The Hall–Kier alpha value is -1.73. The number of aromatic nitrogens is 2. The predicted molar refractivity (Wildman–Crippen MR) is 108 cm³/mol. The first-order chi connectivity index (χ1) is 11.4. The van der Waals surface area contributed by atoms with Gasteiger partial charge in [-0.2, -0.15) is 0 Å². The number of H-pyrrole nitrogens is 1. The molecule has 4 N–H and O–H groups in total. The third-order valence-electron chi connectivity index (χ3n) is 3.30. The van der Waals surface area contributed by atoms with E-state index in [1.54, 1.807) is 30.5 Å². The van der Waals surface area contributed by atoms with Gasteiger partial charge >= 0.3 is 0 Å². The summed E-state index contributed by atoms with van der Waals surface area (Å²) in [7, 11) is 0. The van der Waals surface area contributed by atoms with Gasteiger partial charge in [0.1, 0.15) is 0 Å². The van der Waals surface area contributed by atoms with E-state index in [-0.39, 0.29) is 18.3 Å². The van der Waals surface area contributed by atoms with E-state index in [1.165, 1.54) is 0 Å². The Labute approximate surface area is 168 Å². The summed E-state index contributed by atoms with van der Waals surface area (Å²) in [5.74, 6) is 0.0520. The van der Waals surface area contributed by atoms with E-state index in [0.29, 0.717) is 31.7 Å². The predicted octanol–water partition coefficient (Wildman–Crippen LogP) is 5.40. The Morgan fingerprint density at radius 1 is 1.16 bits per heavy atom. The van der Waals surface area contributed by atoms with Crippen molar-refractivity contribution in [3.63, 3.8) is 0 Å². The van der Waals surface area contributed by atoms with Crippen LogP contribution in [0.2, 0.25) is 10.0 Å².